The van der Waals surface area contributed by atoms with Crippen LogP contribution in [0.1, 0.15) is 157 Å². The minimum absolute atomic E-state index is 0. The molecule has 0 radical (unpaired) electrons. The summed E-state index contributed by atoms with van der Waals surface area (Å²) in [6.07, 6.45) is 22.0. The van der Waals surface area contributed by atoms with Crippen LogP contribution in [-0.2, 0) is 172 Å². The summed E-state index contributed by atoms with van der Waals surface area (Å²) in [6, 6.07) is 0. The monoisotopic (exact) mass is 1360 g/mol. The van der Waals surface area contributed by atoms with Crippen LogP contribution in [0, 0.1) is 0 Å². The molecule has 0 aliphatic heterocycles. The van der Waals surface area contributed by atoms with Crippen LogP contribution in [0.5, 0.6) is 0 Å². The van der Waals surface area contributed by atoms with Crippen LogP contribution in [0.2, 0.25) is 0 Å². The summed E-state index contributed by atoms with van der Waals surface area (Å²) < 4.78 is 50.0. The van der Waals surface area contributed by atoms with Gasteiger partial charge in [0.2, 0.25) is 0 Å². The molecule has 67 heavy (non-hydrogen) atoms. The third-order valence-corrected chi connectivity index (χ3v) is 8.03. The van der Waals surface area contributed by atoms with E-state index < -0.39 is 0 Å². The zero-order chi connectivity index (χ0) is 54.7. The minimum Gasteiger partial charge on any atom is -0.412 e. The Balaban J connectivity index is -0.0000000452. The number of thiocarbonyl (C=S) groups is 6. The molecule has 0 atom stereocenters. The third-order valence-electron chi connectivity index (χ3n) is 6.30. The van der Waals surface area contributed by atoms with Crippen molar-refractivity contribution in [2.45, 2.75) is 157 Å². The smallest absolute Gasteiger partial charge is 0.197 e. The Morgan fingerprint density at radius 3 is 0.403 bits per heavy atom. The van der Waals surface area contributed by atoms with Crippen molar-refractivity contribution in [1.29, 1.82) is 0 Å². The summed E-state index contributed by atoms with van der Waals surface area (Å²) in [5.74, 6) is 0. The maximum atomic E-state index is 7.83. The van der Waals surface area contributed by atoms with Gasteiger partial charge in [-0.2, -0.15) is 25.3 Å². The molecule has 0 aromatic rings. The van der Waals surface area contributed by atoms with Gasteiger partial charge in [0.1, 0.15) is 0 Å². The van der Waals surface area contributed by atoms with Crippen molar-refractivity contribution in [2.24, 2.45) is 0 Å². The predicted molar refractivity (Wildman–Crippen MR) is 334 cm³/mol. The van der Waals surface area contributed by atoms with E-state index in [4.69, 9.17) is 25.3 Å². The first-order valence-electron chi connectivity index (χ1n) is 20.3. The van der Waals surface area contributed by atoms with Crippen molar-refractivity contribution in [3.8, 4) is 0 Å². The zero-order valence-electron chi connectivity index (χ0n) is 39.2. The van der Waals surface area contributed by atoms with E-state index in [1.807, 2.05) is 0 Å². The molecular weight excluding hydrogens is 1290 g/mol. The second kappa shape index (κ2) is 122. The van der Waals surface area contributed by atoms with Crippen LogP contribution in [0.25, 0.3) is 0 Å². The maximum absolute atomic E-state index is 7.83. The maximum Gasteiger partial charge on any atom is 0.197 e. The van der Waals surface area contributed by atoms with E-state index in [2.05, 4.69) is 298 Å². The van der Waals surface area contributed by atoms with Gasteiger partial charge in [0.05, 0.1) is 0 Å². The molecule has 0 aromatic heterocycles. The topological polar surface area (TPSA) is 175 Å². The first kappa shape index (κ1) is 101. The predicted octanol–water partition coefficient (Wildman–Crippen LogP) is 7.57. The molecule has 0 amide bonds. The Bertz CT molecular complexity index is 793. The molecule has 0 saturated heterocycles. The molecule has 12 nitrogen and oxygen atoms in total. The second-order valence-electron chi connectivity index (χ2n) is 11.5. The van der Waals surface area contributed by atoms with Gasteiger partial charge in [-0.25, -0.2) is 0 Å². The van der Waals surface area contributed by atoms with Gasteiger partial charge in [-0.1, -0.05) is 145 Å². The summed E-state index contributed by atoms with van der Waals surface area (Å²) >= 11 is 72.8. The molecule has 0 saturated carbocycles. The largest absolute Gasteiger partial charge is 0.412 e. The van der Waals surface area contributed by atoms with E-state index in [9.17, 15) is 0 Å². The number of nitrogens with one attached hydrogen (secondary N) is 6. The van der Waals surface area contributed by atoms with Gasteiger partial charge in [0.25, 0.3) is 0 Å². The van der Waals surface area contributed by atoms with Crippen LogP contribution in [0.15, 0.2) is 0 Å². The van der Waals surface area contributed by atoms with Crippen LogP contribution in [0.4, 0.5) is 0 Å². The van der Waals surface area contributed by atoms with E-state index in [1.165, 1.54) is 116 Å². The molecule has 0 bridgehead atoms. The van der Waals surface area contributed by atoms with E-state index in [1.54, 1.807) is 0 Å². The SMILES string of the molecule is CCCCCNC(=S)[S-].CCCCCNC(=S)[S-].CCCCCNC(=S)[S-].CCCCCNC(=S)[S-].CCCCCNC(=S)[S-].CCCCCNC(=S)[S-].O=S.O=S.O=S.O=S.O=S.O=S.[Mo]. The summed E-state index contributed by atoms with van der Waals surface area (Å²) in [5.41, 5.74) is 0. The standard InChI is InChI=1S/6C6H13NS2.Mo.6OS/c6*1-2-3-4-5-7-6(8)9;;6*1-2/h6*2-5H2,1H3,(H2,7,8,9);;;;;;;/p-6. The molecule has 0 spiro atoms. The van der Waals surface area contributed by atoms with E-state index >= 15 is 0 Å². The van der Waals surface area contributed by atoms with Gasteiger partial charge < -0.3 is 181 Å². The van der Waals surface area contributed by atoms with Crippen LogP contribution >= 0.6 is 73.3 Å². The minimum atomic E-state index is 0. The van der Waals surface area contributed by atoms with E-state index in [-0.39, 0.29) is 21.1 Å². The van der Waals surface area contributed by atoms with E-state index in [0.29, 0.717) is 25.9 Å². The zero-order valence-corrected chi connectivity index (χ0v) is 55.9. The molecular formula is C36H72MoN6O6S18-6. The van der Waals surface area contributed by atoms with Crippen molar-refractivity contribution < 1.29 is 46.3 Å². The molecule has 0 aromatic carbocycles. The van der Waals surface area contributed by atoms with Crippen LogP contribution in [-0.4, -0.2) is 90.4 Å². The molecule has 0 aliphatic carbocycles. The summed E-state index contributed by atoms with van der Waals surface area (Å²) in [5, 5.41) is 17.6. The molecule has 0 fully saturated rings. The van der Waals surface area contributed by atoms with E-state index in [0.717, 1.165) is 39.3 Å². The van der Waals surface area contributed by atoms with Crippen molar-refractivity contribution in [1.82, 2.24) is 31.9 Å². The average molecular weight is 1360 g/mol. The second-order valence-corrected chi connectivity index (χ2v) is 18.0. The number of hydrogen-bond donors (Lipinski definition) is 6. The Morgan fingerprint density at radius 1 is 0.254 bits per heavy atom. The fourth-order valence-corrected chi connectivity index (χ4v) is 4.62. The third kappa shape index (κ3) is 206. The van der Waals surface area contributed by atoms with Crippen LogP contribution in [0.3, 0.4) is 0 Å². The first-order chi connectivity index (χ1) is 31.6. The van der Waals surface area contributed by atoms with Gasteiger partial charge in [0, 0.05) is 60.3 Å². The fourth-order valence-electron chi connectivity index (χ4n) is 3.39. The van der Waals surface area contributed by atoms with Gasteiger partial charge in [-0.05, 0) is 38.5 Å². The fraction of sp³-hybridized carbons (Fsp3) is 0.833. The molecule has 0 heterocycles. The number of rotatable bonds is 24. The summed E-state index contributed by atoms with van der Waals surface area (Å²) in [6.45, 7) is 18.7. The Hall–Kier alpha value is 1.47. The average Bonchev–Trinajstić information content (AvgIpc) is 3.32. The van der Waals surface area contributed by atoms with Gasteiger partial charge in [-0.15, -0.1) is 0 Å². The van der Waals surface area contributed by atoms with Gasteiger partial charge in [-0.3, -0.25) is 0 Å². The number of unbranched alkanes of at least 4 members (excludes halogenated alkanes) is 12. The summed E-state index contributed by atoms with van der Waals surface area (Å²) in [4.78, 5) is 0. The van der Waals surface area contributed by atoms with Crippen molar-refractivity contribution in [2.75, 3.05) is 39.3 Å². The normalized spacial score (nSPS) is 7.61. The molecule has 6 N–H and O–H groups in total. The van der Waals surface area contributed by atoms with Crippen molar-refractivity contribution in [3.63, 3.8) is 0 Å². The van der Waals surface area contributed by atoms with Crippen LogP contribution < -0.4 is 31.9 Å². The first-order valence-corrected chi connectivity index (χ1v) is 27.2. The summed E-state index contributed by atoms with van der Waals surface area (Å²) in [7, 11) is 0. The Morgan fingerprint density at radius 2 is 0.343 bits per heavy atom. The molecule has 402 valence electrons. The quantitative estimate of drug-likeness (QED) is 0.0242. The number of hydrogen-bond acceptors (Lipinski definition) is 24. The molecule has 0 rings (SSSR count). The van der Waals surface area contributed by atoms with Crippen molar-refractivity contribution in [3.05, 3.63) is 0 Å². The molecule has 0 unspecified atom stereocenters. The van der Waals surface area contributed by atoms with Crippen molar-refractivity contribution >= 4 is 250 Å². The Labute approximate surface area is 518 Å². The van der Waals surface area contributed by atoms with Gasteiger partial charge in [0.15, 0.2) is 75.2 Å². The molecule has 31 heteroatoms. The van der Waals surface area contributed by atoms with Gasteiger partial charge >= 0.3 is 0 Å². The Kier molecular flexibility index (Phi) is 184. The molecule has 0 aliphatic rings.